The van der Waals surface area contributed by atoms with E-state index >= 15 is 0 Å². The first kappa shape index (κ1) is 22.4. The minimum absolute atomic E-state index is 0.0510. The van der Waals surface area contributed by atoms with E-state index in [0.29, 0.717) is 29.4 Å². The number of nitrogens with zero attached hydrogens (tertiary/aromatic N) is 1. The first-order valence-electron chi connectivity index (χ1n) is 9.55. The molecule has 29 heavy (non-hydrogen) atoms. The van der Waals surface area contributed by atoms with Crippen molar-refractivity contribution in [1.29, 1.82) is 0 Å². The lowest BCUT2D eigenvalue weighted by Crippen LogP contribution is -2.31. The second-order valence-corrected chi connectivity index (χ2v) is 7.05. The standard InChI is InChI=1S/C22H26ClN3O3/c1-4-26(5-2)22(29)17-7-6-8-19(13-17)25-21(28)14-20(24-15(3)27)16-9-11-18(23)12-10-16/h6-13,20H,4-5,14H2,1-3H3,(H,24,27)(H,25,28). The van der Waals surface area contributed by atoms with Crippen molar-refractivity contribution < 1.29 is 14.4 Å². The van der Waals surface area contributed by atoms with Crippen molar-refractivity contribution in [2.24, 2.45) is 0 Å². The summed E-state index contributed by atoms with van der Waals surface area (Å²) in [6.45, 7) is 6.48. The molecule has 2 N–H and O–H groups in total. The van der Waals surface area contributed by atoms with E-state index in [0.717, 1.165) is 5.56 Å². The summed E-state index contributed by atoms with van der Waals surface area (Å²) >= 11 is 5.92. The highest BCUT2D eigenvalue weighted by Crippen LogP contribution is 2.21. The van der Waals surface area contributed by atoms with Crippen LogP contribution in [-0.4, -0.2) is 35.7 Å². The molecule has 1 unspecified atom stereocenters. The Morgan fingerprint density at radius 3 is 2.28 bits per heavy atom. The van der Waals surface area contributed by atoms with Crippen LogP contribution in [0.2, 0.25) is 5.02 Å². The molecule has 0 radical (unpaired) electrons. The highest BCUT2D eigenvalue weighted by molar-refractivity contribution is 6.30. The molecular formula is C22H26ClN3O3. The van der Waals surface area contributed by atoms with Gasteiger partial charge in [-0.2, -0.15) is 0 Å². The second kappa shape index (κ2) is 10.6. The Hall–Kier alpha value is -2.86. The Balaban J connectivity index is 2.11. The van der Waals surface area contributed by atoms with Gasteiger partial charge in [0.15, 0.2) is 0 Å². The third-order valence-electron chi connectivity index (χ3n) is 4.48. The van der Waals surface area contributed by atoms with E-state index in [1.165, 1.54) is 6.92 Å². The molecule has 2 aromatic rings. The minimum Gasteiger partial charge on any atom is -0.349 e. The molecule has 0 aliphatic heterocycles. The van der Waals surface area contributed by atoms with Gasteiger partial charge in [-0.1, -0.05) is 29.8 Å². The molecule has 0 fully saturated rings. The van der Waals surface area contributed by atoms with Crippen molar-refractivity contribution in [3.05, 3.63) is 64.7 Å². The van der Waals surface area contributed by atoms with Crippen LogP contribution in [0.4, 0.5) is 5.69 Å². The summed E-state index contributed by atoms with van der Waals surface area (Å²) in [6, 6.07) is 13.4. The van der Waals surface area contributed by atoms with Gasteiger partial charge in [0.25, 0.3) is 5.91 Å². The SMILES string of the molecule is CCN(CC)C(=O)c1cccc(NC(=O)CC(NC(C)=O)c2ccc(Cl)cc2)c1. The monoisotopic (exact) mass is 415 g/mol. The lowest BCUT2D eigenvalue weighted by atomic mass is 10.0. The zero-order chi connectivity index (χ0) is 21.4. The predicted octanol–water partition coefficient (Wildman–Crippen LogP) is 4.03. The van der Waals surface area contributed by atoms with Crippen molar-refractivity contribution in [1.82, 2.24) is 10.2 Å². The van der Waals surface area contributed by atoms with Gasteiger partial charge in [0, 0.05) is 36.3 Å². The maximum atomic E-state index is 12.6. The molecule has 2 rings (SSSR count). The third-order valence-corrected chi connectivity index (χ3v) is 4.74. The number of hydrogen-bond acceptors (Lipinski definition) is 3. The van der Waals surface area contributed by atoms with Gasteiger partial charge >= 0.3 is 0 Å². The Labute approximate surface area is 176 Å². The lowest BCUT2D eigenvalue weighted by Gasteiger charge is -2.20. The van der Waals surface area contributed by atoms with Crippen LogP contribution in [0.3, 0.4) is 0 Å². The minimum atomic E-state index is -0.481. The second-order valence-electron chi connectivity index (χ2n) is 6.62. The average Bonchev–Trinajstić information content (AvgIpc) is 2.68. The maximum absolute atomic E-state index is 12.6. The molecule has 154 valence electrons. The largest absolute Gasteiger partial charge is 0.349 e. The van der Waals surface area contributed by atoms with Crippen molar-refractivity contribution in [3.63, 3.8) is 0 Å². The molecule has 2 aromatic carbocycles. The maximum Gasteiger partial charge on any atom is 0.253 e. The van der Waals surface area contributed by atoms with E-state index in [1.54, 1.807) is 53.4 Å². The van der Waals surface area contributed by atoms with Crippen LogP contribution in [0.15, 0.2) is 48.5 Å². The van der Waals surface area contributed by atoms with Crippen LogP contribution in [0.1, 0.15) is 49.2 Å². The number of halogens is 1. The van der Waals surface area contributed by atoms with Gasteiger partial charge in [-0.3, -0.25) is 14.4 Å². The van der Waals surface area contributed by atoms with Crippen molar-refractivity contribution in [2.75, 3.05) is 18.4 Å². The fourth-order valence-electron chi connectivity index (χ4n) is 3.01. The number of rotatable bonds is 8. The summed E-state index contributed by atoms with van der Waals surface area (Å²) in [4.78, 5) is 38.4. The quantitative estimate of drug-likeness (QED) is 0.683. The summed E-state index contributed by atoms with van der Waals surface area (Å²) in [5.74, 6) is -0.584. The number of hydrogen-bond donors (Lipinski definition) is 2. The van der Waals surface area contributed by atoms with Gasteiger partial charge in [0.1, 0.15) is 0 Å². The summed E-state index contributed by atoms with van der Waals surface area (Å²) in [6.07, 6.45) is 0.0510. The van der Waals surface area contributed by atoms with Crippen LogP contribution in [0, 0.1) is 0 Å². The van der Waals surface area contributed by atoms with Crippen LogP contribution < -0.4 is 10.6 Å². The van der Waals surface area contributed by atoms with Gasteiger partial charge in [-0.05, 0) is 49.7 Å². The molecule has 7 heteroatoms. The summed E-state index contributed by atoms with van der Waals surface area (Å²) < 4.78 is 0. The molecule has 0 spiro atoms. The fraction of sp³-hybridized carbons (Fsp3) is 0.318. The number of amides is 3. The molecule has 6 nitrogen and oxygen atoms in total. The summed E-state index contributed by atoms with van der Waals surface area (Å²) in [5.41, 5.74) is 1.83. The van der Waals surface area contributed by atoms with Crippen LogP contribution >= 0.6 is 11.6 Å². The van der Waals surface area contributed by atoms with Gasteiger partial charge in [0.2, 0.25) is 11.8 Å². The van der Waals surface area contributed by atoms with E-state index in [4.69, 9.17) is 11.6 Å². The smallest absolute Gasteiger partial charge is 0.253 e. The van der Waals surface area contributed by atoms with Crippen molar-refractivity contribution >= 4 is 35.0 Å². The molecule has 0 bridgehead atoms. The molecular weight excluding hydrogens is 390 g/mol. The number of carbonyl (C=O) groups excluding carboxylic acids is 3. The molecule has 0 aliphatic carbocycles. The molecule has 0 saturated carbocycles. The Morgan fingerprint density at radius 2 is 1.69 bits per heavy atom. The number of anilines is 1. The highest BCUT2D eigenvalue weighted by atomic mass is 35.5. The number of benzene rings is 2. The fourth-order valence-corrected chi connectivity index (χ4v) is 3.14. The Bertz CT molecular complexity index is 864. The van der Waals surface area contributed by atoms with Crippen LogP contribution in [0.5, 0.6) is 0 Å². The molecule has 0 saturated heterocycles. The lowest BCUT2D eigenvalue weighted by molar-refractivity contribution is -0.120. The van der Waals surface area contributed by atoms with E-state index in [9.17, 15) is 14.4 Å². The molecule has 0 heterocycles. The van der Waals surface area contributed by atoms with E-state index in [1.807, 2.05) is 13.8 Å². The van der Waals surface area contributed by atoms with Crippen molar-refractivity contribution in [3.8, 4) is 0 Å². The topological polar surface area (TPSA) is 78.5 Å². The molecule has 3 amide bonds. The zero-order valence-electron chi connectivity index (χ0n) is 16.9. The van der Waals surface area contributed by atoms with E-state index < -0.39 is 6.04 Å². The zero-order valence-corrected chi connectivity index (χ0v) is 17.6. The van der Waals surface area contributed by atoms with Gasteiger partial charge in [0.05, 0.1) is 12.5 Å². The van der Waals surface area contributed by atoms with Crippen LogP contribution in [0.25, 0.3) is 0 Å². The van der Waals surface area contributed by atoms with Gasteiger partial charge in [-0.15, -0.1) is 0 Å². The first-order valence-corrected chi connectivity index (χ1v) is 9.93. The predicted molar refractivity (Wildman–Crippen MR) is 115 cm³/mol. The summed E-state index contributed by atoms with van der Waals surface area (Å²) in [7, 11) is 0. The third kappa shape index (κ3) is 6.61. The Morgan fingerprint density at radius 1 is 1.03 bits per heavy atom. The Kier molecular flexibility index (Phi) is 8.21. The molecule has 1 atom stereocenters. The van der Waals surface area contributed by atoms with Gasteiger partial charge in [-0.25, -0.2) is 0 Å². The average molecular weight is 416 g/mol. The van der Waals surface area contributed by atoms with E-state index in [2.05, 4.69) is 10.6 Å². The van der Waals surface area contributed by atoms with Crippen molar-refractivity contribution in [2.45, 2.75) is 33.2 Å². The first-order chi connectivity index (χ1) is 13.8. The molecule has 0 aliphatic rings. The summed E-state index contributed by atoms with van der Waals surface area (Å²) in [5, 5.41) is 6.18. The van der Waals surface area contributed by atoms with Gasteiger partial charge < -0.3 is 15.5 Å². The number of nitrogens with one attached hydrogen (secondary N) is 2. The van der Waals surface area contributed by atoms with E-state index in [-0.39, 0.29) is 24.1 Å². The highest BCUT2D eigenvalue weighted by Gasteiger charge is 2.18. The number of carbonyl (C=O) groups is 3. The normalized spacial score (nSPS) is 11.4. The molecule has 0 aromatic heterocycles. The van der Waals surface area contributed by atoms with Crippen LogP contribution in [-0.2, 0) is 9.59 Å².